The number of amides is 4. The number of benzene rings is 1. The number of hydrogen-bond acceptors (Lipinski definition) is 9. The van der Waals surface area contributed by atoms with Crippen LogP contribution in [0.4, 0.5) is 0 Å². The molecule has 1 aromatic carbocycles. The van der Waals surface area contributed by atoms with E-state index >= 15 is 0 Å². The van der Waals surface area contributed by atoms with Gasteiger partial charge in [0.15, 0.2) is 0 Å². The highest BCUT2D eigenvalue weighted by Gasteiger charge is 2.20. The lowest BCUT2D eigenvalue weighted by Gasteiger charge is -2.16. The fraction of sp³-hybridized carbons (Fsp3) is 0.606. The molecule has 0 saturated carbocycles. The van der Waals surface area contributed by atoms with E-state index in [2.05, 4.69) is 32.3 Å². The van der Waals surface area contributed by atoms with E-state index < -0.39 is 23.8 Å². The molecule has 0 spiro atoms. The van der Waals surface area contributed by atoms with Crippen LogP contribution in [0.5, 0.6) is 0 Å². The van der Waals surface area contributed by atoms with Gasteiger partial charge in [0.25, 0.3) is 0 Å². The molecule has 0 bridgehead atoms. The van der Waals surface area contributed by atoms with Gasteiger partial charge in [-0.3, -0.25) is 24.0 Å². The molecule has 0 aliphatic rings. The van der Waals surface area contributed by atoms with E-state index in [1.54, 1.807) is 0 Å². The van der Waals surface area contributed by atoms with Crippen molar-refractivity contribution >= 4 is 40.5 Å². The molecule has 48 heavy (non-hydrogen) atoms. The Hall–Kier alpha value is -4.05. The molecule has 2 rings (SSSR count). The van der Waals surface area contributed by atoms with Gasteiger partial charge in [-0.1, -0.05) is 18.2 Å². The third kappa shape index (κ3) is 18.9. The lowest BCUT2D eigenvalue weighted by molar-refractivity contribution is -0.138. The van der Waals surface area contributed by atoms with Gasteiger partial charge in [0, 0.05) is 62.9 Å². The second-order valence-corrected chi connectivity index (χ2v) is 10.9. The molecule has 0 radical (unpaired) electrons. The average Bonchev–Trinajstić information content (AvgIpc) is 3.47. The molecule has 2 aromatic rings. The highest BCUT2D eigenvalue weighted by Crippen LogP contribution is 2.19. The summed E-state index contributed by atoms with van der Waals surface area (Å²) in [6, 6.07) is 7.21. The van der Waals surface area contributed by atoms with Crippen molar-refractivity contribution in [3.05, 3.63) is 36.0 Å². The normalized spacial score (nSPS) is 11.6. The molecule has 0 saturated heterocycles. The maximum Gasteiger partial charge on any atom is 0.303 e. The van der Waals surface area contributed by atoms with Crippen LogP contribution < -0.4 is 21.3 Å². The quantitative estimate of drug-likeness (QED) is 0.0706. The molecule has 1 atom stereocenters. The number of carboxylic acids is 1. The number of fused-ring (bicyclic) bond motifs is 1. The first-order chi connectivity index (χ1) is 23.3. The molecule has 0 unspecified atom stereocenters. The smallest absolute Gasteiger partial charge is 0.303 e. The monoisotopic (exact) mass is 677 g/mol. The number of carbonyl (C=O) groups excluding carboxylic acids is 4. The average molecular weight is 678 g/mol. The van der Waals surface area contributed by atoms with E-state index in [9.17, 15) is 24.0 Å². The summed E-state index contributed by atoms with van der Waals surface area (Å²) >= 11 is 0. The van der Waals surface area contributed by atoms with Crippen molar-refractivity contribution in [2.45, 2.75) is 57.9 Å². The SMILES string of the molecule is CC(=O)N[C@H](CCC(=O)O)C(=O)NCCOCCOCCOCCOCCNC(=O)CCCNC(=O)CCCc1c[nH]c2ccccc12. The highest BCUT2D eigenvalue weighted by atomic mass is 16.6. The fourth-order valence-corrected chi connectivity index (χ4v) is 4.61. The number of carbonyl (C=O) groups is 5. The molecule has 15 heteroatoms. The number of rotatable bonds is 28. The first-order valence-electron chi connectivity index (χ1n) is 16.4. The molecule has 0 aliphatic heterocycles. The first-order valence-corrected chi connectivity index (χ1v) is 16.4. The van der Waals surface area contributed by atoms with Gasteiger partial charge in [-0.15, -0.1) is 0 Å². The summed E-state index contributed by atoms with van der Waals surface area (Å²) in [5.41, 5.74) is 2.32. The van der Waals surface area contributed by atoms with Crippen molar-refractivity contribution in [1.82, 2.24) is 26.3 Å². The van der Waals surface area contributed by atoms with Crippen LogP contribution in [-0.2, 0) is 49.3 Å². The summed E-state index contributed by atoms with van der Waals surface area (Å²) in [5.74, 6) is -2.01. The van der Waals surface area contributed by atoms with Crippen LogP contribution >= 0.6 is 0 Å². The minimum Gasteiger partial charge on any atom is -0.481 e. The third-order valence-corrected chi connectivity index (χ3v) is 7.00. The van der Waals surface area contributed by atoms with Gasteiger partial charge in [0.2, 0.25) is 23.6 Å². The Morgan fingerprint density at radius 3 is 1.92 bits per heavy atom. The van der Waals surface area contributed by atoms with Crippen LogP contribution in [-0.4, -0.2) is 118 Å². The predicted octanol–water partition coefficient (Wildman–Crippen LogP) is 1.06. The van der Waals surface area contributed by atoms with Crippen LogP contribution in [0, 0.1) is 0 Å². The third-order valence-electron chi connectivity index (χ3n) is 7.00. The van der Waals surface area contributed by atoms with Crippen LogP contribution in [0.15, 0.2) is 30.5 Å². The molecular formula is C33H51N5O10. The molecule has 0 aliphatic carbocycles. The number of nitrogens with one attached hydrogen (secondary N) is 5. The molecule has 6 N–H and O–H groups in total. The lowest BCUT2D eigenvalue weighted by atomic mass is 10.1. The van der Waals surface area contributed by atoms with Crippen LogP contribution in [0.1, 0.15) is 51.0 Å². The van der Waals surface area contributed by atoms with Crippen LogP contribution in [0.2, 0.25) is 0 Å². The molecule has 0 fully saturated rings. The highest BCUT2D eigenvalue weighted by molar-refractivity contribution is 5.87. The minimum absolute atomic E-state index is 0.00148. The number of H-pyrrole nitrogens is 1. The maximum absolute atomic E-state index is 12.1. The second kappa shape index (κ2) is 25.0. The number of aliphatic carboxylic acids is 1. The van der Waals surface area contributed by atoms with Gasteiger partial charge in [-0.05, 0) is 37.3 Å². The second-order valence-electron chi connectivity index (χ2n) is 10.9. The topological polar surface area (TPSA) is 206 Å². The Labute approximate surface area is 281 Å². The molecular weight excluding hydrogens is 626 g/mol. The van der Waals surface area contributed by atoms with Crippen LogP contribution in [0.25, 0.3) is 10.9 Å². The van der Waals surface area contributed by atoms with E-state index in [1.165, 1.54) is 17.9 Å². The molecule has 4 amide bonds. The number of aryl methyl sites for hydroxylation is 1. The summed E-state index contributed by atoms with van der Waals surface area (Å²) in [6.07, 6.45) is 4.71. The van der Waals surface area contributed by atoms with Gasteiger partial charge >= 0.3 is 5.97 Å². The first kappa shape index (κ1) is 40.1. The number of carboxylic acid groups (broad SMARTS) is 1. The Morgan fingerprint density at radius 2 is 1.29 bits per heavy atom. The van der Waals surface area contributed by atoms with E-state index in [1.807, 2.05) is 24.4 Å². The Morgan fingerprint density at radius 1 is 0.729 bits per heavy atom. The molecule has 1 heterocycles. The van der Waals surface area contributed by atoms with E-state index in [0.717, 1.165) is 18.4 Å². The van der Waals surface area contributed by atoms with Crippen molar-refractivity contribution < 1.29 is 48.0 Å². The van der Waals surface area contributed by atoms with Crippen molar-refractivity contribution in [2.24, 2.45) is 0 Å². The Bertz CT molecular complexity index is 1250. The van der Waals surface area contributed by atoms with Gasteiger partial charge in [0.1, 0.15) is 6.04 Å². The van der Waals surface area contributed by atoms with Crippen molar-refractivity contribution in [3.63, 3.8) is 0 Å². The zero-order valence-corrected chi connectivity index (χ0v) is 27.8. The van der Waals surface area contributed by atoms with Crippen molar-refractivity contribution in [3.8, 4) is 0 Å². The van der Waals surface area contributed by atoms with Gasteiger partial charge < -0.3 is 50.3 Å². The van der Waals surface area contributed by atoms with Gasteiger partial charge in [0.05, 0.1) is 52.9 Å². The number of ether oxygens (including phenoxy) is 4. The van der Waals surface area contributed by atoms with E-state index in [4.69, 9.17) is 24.1 Å². The van der Waals surface area contributed by atoms with E-state index in [-0.39, 0.29) is 37.8 Å². The molecule has 1 aromatic heterocycles. The summed E-state index contributed by atoms with van der Waals surface area (Å²) in [5, 5.41) is 20.7. The number of hydrogen-bond donors (Lipinski definition) is 6. The predicted molar refractivity (Wildman–Crippen MR) is 177 cm³/mol. The standard InChI is InChI=1S/C33H51N5O10/c1-25(39)38-29(11-12-32(42)43)33(44)36-15-17-46-19-21-48-23-22-47-20-18-45-16-14-35-31(41)10-5-13-34-30(40)9-4-6-26-24-37-28-8-3-2-7-27(26)28/h2-3,7-8,24,29,37H,4-6,9-23H2,1H3,(H,34,40)(H,35,41)(H,36,44)(H,38,39)(H,42,43)/t29-/m1/s1. The van der Waals surface area contributed by atoms with Crippen LogP contribution in [0.3, 0.4) is 0 Å². The lowest BCUT2D eigenvalue weighted by Crippen LogP contribution is -2.47. The Kier molecular flexibility index (Phi) is 20.9. The van der Waals surface area contributed by atoms with Gasteiger partial charge in [-0.2, -0.15) is 0 Å². The minimum atomic E-state index is -1.05. The number of aromatic nitrogens is 1. The molecule has 15 nitrogen and oxygen atoms in total. The number of aromatic amines is 1. The summed E-state index contributed by atoms with van der Waals surface area (Å²) in [7, 11) is 0. The van der Waals surface area contributed by atoms with E-state index in [0.29, 0.717) is 78.6 Å². The Balaban J connectivity index is 1.31. The largest absolute Gasteiger partial charge is 0.481 e. The summed E-state index contributed by atoms with van der Waals surface area (Å²) < 4.78 is 21.7. The fourth-order valence-electron chi connectivity index (χ4n) is 4.61. The zero-order valence-electron chi connectivity index (χ0n) is 27.8. The number of para-hydroxylation sites is 1. The van der Waals surface area contributed by atoms with Crippen molar-refractivity contribution in [1.29, 1.82) is 0 Å². The maximum atomic E-state index is 12.1. The summed E-state index contributed by atoms with van der Waals surface area (Å²) in [4.78, 5) is 61.4. The molecule has 268 valence electrons. The van der Waals surface area contributed by atoms with Crippen molar-refractivity contribution in [2.75, 3.05) is 72.5 Å². The van der Waals surface area contributed by atoms with Gasteiger partial charge in [-0.25, -0.2) is 0 Å². The summed E-state index contributed by atoms with van der Waals surface area (Å²) in [6.45, 7) is 5.14. The zero-order chi connectivity index (χ0) is 34.8.